The number of hydrogen-bond donors (Lipinski definition) is 2. The van der Waals surface area contributed by atoms with Gasteiger partial charge in [0.05, 0.1) is 6.04 Å². The molecule has 1 rings (SSSR count). The van der Waals surface area contributed by atoms with Crippen LogP contribution in [0.2, 0.25) is 5.02 Å². The summed E-state index contributed by atoms with van der Waals surface area (Å²) in [5.41, 5.74) is 4.87. The zero-order chi connectivity index (χ0) is 10.6. The normalized spacial score (nSPS) is 12.1. The van der Waals surface area contributed by atoms with Gasteiger partial charge in [-0.2, -0.15) is 0 Å². The van der Waals surface area contributed by atoms with Crippen molar-refractivity contribution in [1.82, 2.24) is 5.43 Å². The molecule has 3 heteroatoms. The molecule has 0 aliphatic rings. The Kier molecular flexibility index (Phi) is 3.97. The number of benzene rings is 1. The quantitative estimate of drug-likeness (QED) is 0.454. The first-order valence-corrected chi connectivity index (χ1v) is 4.72. The van der Waals surface area contributed by atoms with Crippen LogP contribution in [0.25, 0.3) is 0 Å². The van der Waals surface area contributed by atoms with Crippen LogP contribution in [0.15, 0.2) is 18.2 Å². The zero-order valence-electron chi connectivity index (χ0n) is 8.05. The highest BCUT2D eigenvalue weighted by Crippen LogP contribution is 2.23. The van der Waals surface area contributed by atoms with E-state index in [1.807, 2.05) is 25.1 Å². The fourth-order valence-corrected chi connectivity index (χ4v) is 1.54. The van der Waals surface area contributed by atoms with E-state index in [2.05, 4.69) is 11.3 Å². The van der Waals surface area contributed by atoms with Crippen molar-refractivity contribution in [3.63, 3.8) is 0 Å². The van der Waals surface area contributed by atoms with E-state index in [-0.39, 0.29) is 6.04 Å². The Labute approximate surface area is 89.4 Å². The van der Waals surface area contributed by atoms with Crippen molar-refractivity contribution in [3.05, 3.63) is 34.3 Å². The van der Waals surface area contributed by atoms with Crippen LogP contribution >= 0.6 is 11.6 Å². The fourth-order valence-electron chi connectivity index (χ4n) is 1.36. The summed E-state index contributed by atoms with van der Waals surface area (Å²) in [6, 6.07) is 5.67. The van der Waals surface area contributed by atoms with E-state index in [1.54, 1.807) is 0 Å². The second-order valence-corrected chi connectivity index (χ2v) is 3.56. The Morgan fingerprint density at radius 1 is 1.64 bits per heavy atom. The predicted octanol–water partition coefficient (Wildman–Crippen LogP) is 2.18. The van der Waals surface area contributed by atoms with Crippen molar-refractivity contribution in [2.24, 2.45) is 5.84 Å². The van der Waals surface area contributed by atoms with Crippen LogP contribution in [0.1, 0.15) is 23.6 Å². The summed E-state index contributed by atoms with van der Waals surface area (Å²) in [6.45, 7) is 2.01. The molecule has 1 atom stereocenters. The van der Waals surface area contributed by atoms with Crippen LogP contribution in [0.5, 0.6) is 0 Å². The molecule has 74 valence electrons. The lowest BCUT2D eigenvalue weighted by Gasteiger charge is -2.16. The molecule has 2 nitrogen and oxygen atoms in total. The molecule has 0 amide bonds. The van der Waals surface area contributed by atoms with Gasteiger partial charge in [0, 0.05) is 11.4 Å². The number of nitrogens with one attached hydrogen (secondary N) is 1. The van der Waals surface area contributed by atoms with Gasteiger partial charge in [-0.1, -0.05) is 17.7 Å². The standard InChI is InChI=1S/C11H13ClN2/c1-3-4-11(14-13)10-7-9(12)6-5-8(10)2/h1,5-7,11,14H,4,13H2,2H3. The van der Waals surface area contributed by atoms with Gasteiger partial charge in [-0.05, 0) is 30.2 Å². The molecule has 0 saturated carbocycles. The van der Waals surface area contributed by atoms with Crippen molar-refractivity contribution in [2.45, 2.75) is 19.4 Å². The van der Waals surface area contributed by atoms with E-state index in [0.717, 1.165) is 11.1 Å². The van der Waals surface area contributed by atoms with Crippen molar-refractivity contribution in [2.75, 3.05) is 0 Å². The highest BCUT2D eigenvalue weighted by atomic mass is 35.5. The molecule has 0 fully saturated rings. The largest absolute Gasteiger partial charge is 0.271 e. The highest BCUT2D eigenvalue weighted by molar-refractivity contribution is 6.30. The maximum absolute atomic E-state index is 5.90. The van der Waals surface area contributed by atoms with Gasteiger partial charge < -0.3 is 0 Å². The molecule has 0 saturated heterocycles. The van der Waals surface area contributed by atoms with Gasteiger partial charge in [0.2, 0.25) is 0 Å². The third kappa shape index (κ3) is 2.49. The average molecular weight is 209 g/mol. The molecule has 0 spiro atoms. The molecule has 1 aromatic carbocycles. The van der Waals surface area contributed by atoms with Gasteiger partial charge in [-0.3, -0.25) is 11.3 Å². The average Bonchev–Trinajstić information content (AvgIpc) is 2.18. The topological polar surface area (TPSA) is 38.0 Å². The summed E-state index contributed by atoms with van der Waals surface area (Å²) in [7, 11) is 0. The Hall–Kier alpha value is -1.01. The van der Waals surface area contributed by atoms with Crippen LogP contribution in [-0.4, -0.2) is 0 Å². The Morgan fingerprint density at radius 2 is 2.36 bits per heavy atom. The van der Waals surface area contributed by atoms with Crippen LogP contribution in [0, 0.1) is 19.3 Å². The maximum Gasteiger partial charge on any atom is 0.0572 e. The lowest BCUT2D eigenvalue weighted by Crippen LogP contribution is -2.28. The maximum atomic E-state index is 5.90. The summed E-state index contributed by atoms with van der Waals surface area (Å²) < 4.78 is 0. The molecule has 3 N–H and O–H groups in total. The summed E-state index contributed by atoms with van der Waals surface area (Å²) >= 11 is 5.90. The molecule has 0 bridgehead atoms. The van der Waals surface area contributed by atoms with Gasteiger partial charge in [0.15, 0.2) is 0 Å². The summed E-state index contributed by atoms with van der Waals surface area (Å²) in [4.78, 5) is 0. The monoisotopic (exact) mass is 208 g/mol. The number of hydrazine groups is 1. The number of aryl methyl sites for hydroxylation is 1. The predicted molar refractivity (Wildman–Crippen MR) is 59.7 cm³/mol. The molecular weight excluding hydrogens is 196 g/mol. The number of hydrogen-bond acceptors (Lipinski definition) is 2. The molecular formula is C11H13ClN2. The Morgan fingerprint density at radius 3 is 2.93 bits per heavy atom. The van der Waals surface area contributed by atoms with E-state index >= 15 is 0 Å². The third-order valence-electron chi connectivity index (χ3n) is 2.14. The molecule has 0 aliphatic carbocycles. The van der Waals surface area contributed by atoms with Gasteiger partial charge in [0.1, 0.15) is 0 Å². The van der Waals surface area contributed by atoms with E-state index in [4.69, 9.17) is 23.9 Å². The SMILES string of the molecule is C#CCC(NN)c1cc(Cl)ccc1C. The summed E-state index contributed by atoms with van der Waals surface area (Å²) in [5, 5.41) is 0.697. The van der Waals surface area contributed by atoms with Crippen molar-refractivity contribution >= 4 is 11.6 Å². The van der Waals surface area contributed by atoms with E-state index in [0.29, 0.717) is 11.4 Å². The summed E-state index contributed by atoms with van der Waals surface area (Å²) in [5.74, 6) is 8.00. The summed E-state index contributed by atoms with van der Waals surface area (Å²) in [6.07, 6.45) is 5.81. The van der Waals surface area contributed by atoms with Crippen molar-refractivity contribution in [3.8, 4) is 12.3 Å². The van der Waals surface area contributed by atoms with Crippen LogP contribution < -0.4 is 11.3 Å². The van der Waals surface area contributed by atoms with Crippen molar-refractivity contribution < 1.29 is 0 Å². The third-order valence-corrected chi connectivity index (χ3v) is 2.37. The Balaban J connectivity index is 3.03. The minimum Gasteiger partial charge on any atom is -0.271 e. The van der Waals surface area contributed by atoms with Crippen LogP contribution in [-0.2, 0) is 0 Å². The lowest BCUT2D eigenvalue weighted by atomic mass is 10.00. The molecule has 0 aliphatic heterocycles. The molecule has 0 radical (unpaired) electrons. The number of rotatable bonds is 3. The number of terminal acetylenes is 1. The second kappa shape index (κ2) is 5.02. The van der Waals surface area contributed by atoms with Gasteiger partial charge in [0.25, 0.3) is 0 Å². The fraction of sp³-hybridized carbons (Fsp3) is 0.273. The van der Waals surface area contributed by atoms with Gasteiger partial charge in [-0.15, -0.1) is 12.3 Å². The molecule has 0 aromatic heterocycles. The zero-order valence-corrected chi connectivity index (χ0v) is 8.81. The first-order valence-electron chi connectivity index (χ1n) is 4.34. The van der Waals surface area contributed by atoms with E-state index in [9.17, 15) is 0 Å². The van der Waals surface area contributed by atoms with E-state index in [1.165, 1.54) is 0 Å². The second-order valence-electron chi connectivity index (χ2n) is 3.13. The van der Waals surface area contributed by atoms with Gasteiger partial charge >= 0.3 is 0 Å². The minimum atomic E-state index is -0.0290. The van der Waals surface area contributed by atoms with Crippen LogP contribution in [0.4, 0.5) is 0 Å². The van der Waals surface area contributed by atoms with Crippen molar-refractivity contribution in [1.29, 1.82) is 0 Å². The number of halogens is 1. The minimum absolute atomic E-state index is 0.0290. The Bertz CT molecular complexity index is 355. The molecule has 1 unspecified atom stereocenters. The van der Waals surface area contributed by atoms with E-state index < -0.39 is 0 Å². The smallest absolute Gasteiger partial charge is 0.0572 e. The van der Waals surface area contributed by atoms with Gasteiger partial charge in [-0.25, -0.2) is 0 Å². The first-order chi connectivity index (χ1) is 6.69. The first kappa shape index (κ1) is 11.1. The number of nitrogens with two attached hydrogens (primary N) is 1. The van der Waals surface area contributed by atoms with Crippen LogP contribution in [0.3, 0.4) is 0 Å². The lowest BCUT2D eigenvalue weighted by molar-refractivity contribution is 0.565. The highest BCUT2D eigenvalue weighted by Gasteiger charge is 2.10. The molecule has 14 heavy (non-hydrogen) atoms. The molecule has 1 aromatic rings. The molecule has 0 heterocycles.